The maximum atomic E-state index is 13.0. The molecule has 0 spiro atoms. The Balaban J connectivity index is 1.89. The van der Waals surface area contributed by atoms with Crippen molar-refractivity contribution in [3.63, 3.8) is 0 Å². The zero-order valence-corrected chi connectivity index (χ0v) is 21.7. The first kappa shape index (κ1) is 27.1. The van der Waals surface area contributed by atoms with E-state index in [2.05, 4.69) is 31.2 Å². The molecular formula is C27H37AsO5. The molecule has 33 heavy (non-hydrogen) atoms. The predicted molar refractivity (Wildman–Crippen MR) is 133 cm³/mol. The molecule has 2 aromatic rings. The Labute approximate surface area is 202 Å². The average Bonchev–Trinajstić information content (AvgIpc) is 2.83. The SMILES string of the molecule is CCCCCC[As](CCc1ccccc1)C(=O)COc1ccc(C[C@H](OCC)C(=O)O)cc1. The summed E-state index contributed by atoms with van der Waals surface area (Å²) in [6.07, 6.45) is 5.16. The Morgan fingerprint density at radius 3 is 2.27 bits per heavy atom. The number of carboxylic acid groups (broad SMARTS) is 1. The van der Waals surface area contributed by atoms with E-state index in [1.165, 1.54) is 24.8 Å². The summed E-state index contributed by atoms with van der Waals surface area (Å²) < 4.78 is 11.4. The van der Waals surface area contributed by atoms with E-state index in [4.69, 9.17) is 9.47 Å². The number of unbranched alkanes of at least 4 members (excludes halogenated alkanes) is 3. The number of carbonyl (C=O) groups is 2. The third-order valence-corrected chi connectivity index (χ3v) is 10.6. The molecule has 0 heterocycles. The number of aliphatic carboxylic acids is 1. The summed E-state index contributed by atoms with van der Waals surface area (Å²) in [5.74, 6) is -0.327. The van der Waals surface area contributed by atoms with Crippen molar-refractivity contribution in [1.29, 1.82) is 0 Å². The third-order valence-electron chi connectivity index (χ3n) is 5.50. The van der Waals surface area contributed by atoms with Gasteiger partial charge in [-0.25, -0.2) is 0 Å². The molecule has 0 aliphatic carbocycles. The fourth-order valence-electron chi connectivity index (χ4n) is 3.59. The van der Waals surface area contributed by atoms with E-state index in [1.54, 1.807) is 19.1 Å². The molecule has 2 atom stereocenters. The molecular weight excluding hydrogens is 479 g/mol. The predicted octanol–water partition coefficient (Wildman–Crippen LogP) is 5.52. The summed E-state index contributed by atoms with van der Waals surface area (Å²) in [5, 5.41) is 11.3. The minimum atomic E-state index is -1.66. The van der Waals surface area contributed by atoms with Crippen LogP contribution in [0.4, 0.5) is 0 Å². The molecule has 5 nitrogen and oxygen atoms in total. The van der Waals surface area contributed by atoms with E-state index < -0.39 is 26.7 Å². The van der Waals surface area contributed by atoms with E-state index >= 15 is 0 Å². The zero-order chi connectivity index (χ0) is 23.9. The number of benzene rings is 2. The first-order valence-corrected chi connectivity index (χ1v) is 15.5. The Morgan fingerprint density at radius 1 is 0.909 bits per heavy atom. The summed E-state index contributed by atoms with van der Waals surface area (Å²) in [6, 6.07) is 17.7. The molecule has 1 unspecified atom stereocenters. The van der Waals surface area contributed by atoms with Crippen molar-refractivity contribution in [1.82, 2.24) is 0 Å². The van der Waals surface area contributed by atoms with E-state index in [0.717, 1.165) is 28.8 Å². The van der Waals surface area contributed by atoms with Gasteiger partial charge in [-0.3, -0.25) is 0 Å². The topological polar surface area (TPSA) is 72.8 Å². The van der Waals surface area contributed by atoms with E-state index in [9.17, 15) is 14.7 Å². The molecule has 0 radical (unpaired) electrons. The molecule has 0 aromatic heterocycles. The van der Waals surface area contributed by atoms with Crippen molar-refractivity contribution in [2.75, 3.05) is 13.2 Å². The van der Waals surface area contributed by atoms with Gasteiger partial charge in [0.05, 0.1) is 0 Å². The maximum absolute atomic E-state index is 13.0. The Kier molecular flexibility index (Phi) is 12.9. The van der Waals surface area contributed by atoms with Gasteiger partial charge in [0.25, 0.3) is 0 Å². The van der Waals surface area contributed by atoms with Gasteiger partial charge in [0.15, 0.2) is 0 Å². The summed E-state index contributed by atoms with van der Waals surface area (Å²) in [6.45, 7) is 4.46. The van der Waals surface area contributed by atoms with Gasteiger partial charge < -0.3 is 0 Å². The fourth-order valence-corrected chi connectivity index (χ4v) is 8.00. The van der Waals surface area contributed by atoms with Crippen LogP contribution in [0, 0.1) is 0 Å². The van der Waals surface area contributed by atoms with Gasteiger partial charge in [0, 0.05) is 0 Å². The number of aryl methyl sites for hydroxylation is 1. The Bertz CT molecular complexity index is 822. The zero-order valence-electron chi connectivity index (χ0n) is 19.9. The summed E-state index contributed by atoms with van der Waals surface area (Å²) in [7, 11) is 0. The van der Waals surface area contributed by atoms with Crippen LogP contribution in [-0.4, -0.2) is 49.6 Å². The van der Waals surface area contributed by atoms with Gasteiger partial charge >= 0.3 is 203 Å². The molecule has 0 amide bonds. The summed E-state index contributed by atoms with van der Waals surface area (Å²) >= 11 is -1.66. The van der Waals surface area contributed by atoms with Gasteiger partial charge in [-0.15, -0.1) is 0 Å². The van der Waals surface area contributed by atoms with Crippen LogP contribution in [-0.2, 0) is 27.2 Å². The molecule has 0 saturated carbocycles. The standard InChI is InChI=1S/C27H37AsO5/c1-3-5-6-10-18-28(19-17-22-11-8-7-9-12-22)26(29)21-33-24-15-13-23(14-16-24)20-25(27(30)31)32-4-2/h7-9,11-16,25H,3-6,10,17-21H2,1-2H3,(H,30,31)/t25-,28?/m0/s1. The quantitative estimate of drug-likeness (QED) is 0.221. The average molecular weight is 517 g/mol. The van der Waals surface area contributed by atoms with Gasteiger partial charge in [-0.1, -0.05) is 0 Å². The van der Waals surface area contributed by atoms with Crippen LogP contribution in [0.1, 0.15) is 50.7 Å². The van der Waals surface area contributed by atoms with Gasteiger partial charge in [0.1, 0.15) is 0 Å². The van der Waals surface area contributed by atoms with E-state index in [1.807, 2.05) is 18.2 Å². The fraction of sp³-hybridized carbons (Fsp3) is 0.481. The minimum absolute atomic E-state index is 0.124. The van der Waals surface area contributed by atoms with Crippen molar-refractivity contribution in [3.8, 4) is 5.75 Å². The van der Waals surface area contributed by atoms with Gasteiger partial charge in [-0.2, -0.15) is 0 Å². The van der Waals surface area contributed by atoms with Crippen molar-refractivity contribution >= 4 is 25.2 Å². The second-order valence-electron chi connectivity index (χ2n) is 8.10. The number of hydrogen-bond donors (Lipinski definition) is 1. The number of rotatable bonds is 17. The number of carboxylic acids is 1. The molecule has 0 bridgehead atoms. The van der Waals surface area contributed by atoms with Crippen LogP contribution in [0.2, 0.25) is 10.4 Å². The molecule has 180 valence electrons. The number of carbonyl (C=O) groups excluding carboxylic acids is 1. The molecule has 0 aliphatic rings. The second kappa shape index (κ2) is 15.7. The van der Waals surface area contributed by atoms with Crippen LogP contribution < -0.4 is 4.74 Å². The second-order valence-corrected chi connectivity index (χ2v) is 13.3. The summed E-state index contributed by atoms with van der Waals surface area (Å²) in [4.78, 5) is 24.3. The van der Waals surface area contributed by atoms with Crippen molar-refractivity contribution in [2.24, 2.45) is 0 Å². The number of ether oxygens (including phenoxy) is 2. The monoisotopic (exact) mass is 516 g/mol. The first-order valence-electron chi connectivity index (χ1n) is 11.9. The third kappa shape index (κ3) is 10.6. The van der Waals surface area contributed by atoms with Gasteiger partial charge in [0.2, 0.25) is 0 Å². The van der Waals surface area contributed by atoms with Crippen LogP contribution in [0.5, 0.6) is 5.75 Å². The van der Waals surface area contributed by atoms with Crippen LogP contribution in [0.15, 0.2) is 54.6 Å². The Hall–Kier alpha value is -2.10. The van der Waals surface area contributed by atoms with Crippen LogP contribution in [0.3, 0.4) is 0 Å². The van der Waals surface area contributed by atoms with E-state index in [0.29, 0.717) is 23.3 Å². The number of hydrogen-bond acceptors (Lipinski definition) is 4. The molecule has 1 N–H and O–H groups in total. The molecule has 0 fully saturated rings. The van der Waals surface area contributed by atoms with Crippen LogP contribution >= 0.6 is 0 Å². The first-order chi connectivity index (χ1) is 16.0. The molecule has 6 heteroatoms. The molecule has 2 aromatic carbocycles. The van der Waals surface area contributed by atoms with E-state index in [-0.39, 0.29) is 6.61 Å². The normalized spacial score (nSPS) is 12.8. The van der Waals surface area contributed by atoms with Gasteiger partial charge in [-0.05, 0) is 0 Å². The van der Waals surface area contributed by atoms with Crippen molar-refractivity contribution in [3.05, 3.63) is 65.7 Å². The van der Waals surface area contributed by atoms with Crippen molar-refractivity contribution < 1.29 is 24.2 Å². The van der Waals surface area contributed by atoms with Crippen molar-refractivity contribution in [2.45, 2.75) is 68.9 Å². The summed E-state index contributed by atoms with van der Waals surface area (Å²) in [5.41, 5.74) is 2.16. The molecule has 2 rings (SSSR count). The van der Waals surface area contributed by atoms with Crippen LogP contribution in [0.25, 0.3) is 0 Å². The molecule has 0 aliphatic heterocycles. The Morgan fingerprint density at radius 2 is 1.64 bits per heavy atom. The molecule has 0 saturated heterocycles.